The molecule has 5 heteroatoms. The van der Waals surface area contributed by atoms with E-state index in [1.54, 1.807) is 24.3 Å². The molecule has 0 aliphatic heterocycles. The van der Waals surface area contributed by atoms with Crippen LogP contribution in [0.3, 0.4) is 0 Å². The third kappa shape index (κ3) is 2.23. The average Bonchev–Trinajstić information content (AvgIpc) is 2.60. The highest BCUT2D eigenvalue weighted by atomic mass is 16.3. The SMILES string of the molecule is O=C(NC1C2CC3CC(C2)CC1(O)C3)C1=CC(=O)c2ccccc2C1=O. The maximum Gasteiger partial charge on any atom is 0.255 e. The van der Waals surface area contributed by atoms with Gasteiger partial charge in [-0.15, -0.1) is 0 Å². The fourth-order valence-corrected chi connectivity index (χ4v) is 5.95. The van der Waals surface area contributed by atoms with E-state index in [0.717, 1.165) is 31.8 Å². The zero-order chi connectivity index (χ0) is 18.1. The molecule has 2 N–H and O–H groups in total. The number of amides is 1. The van der Waals surface area contributed by atoms with Crippen molar-refractivity contribution in [2.24, 2.45) is 17.8 Å². The van der Waals surface area contributed by atoms with Gasteiger partial charge in [-0.3, -0.25) is 14.4 Å². The Labute approximate surface area is 151 Å². The molecule has 1 amide bonds. The lowest BCUT2D eigenvalue weighted by molar-refractivity contribution is -0.155. The zero-order valence-corrected chi connectivity index (χ0v) is 14.4. The molecule has 6 rings (SSSR count). The maximum absolute atomic E-state index is 12.8. The molecule has 1 aromatic carbocycles. The van der Waals surface area contributed by atoms with Crippen molar-refractivity contribution in [3.05, 3.63) is 47.0 Å². The molecule has 4 bridgehead atoms. The summed E-state index contributed by atoms with van der Waals surface area (Å²) in [7, 11) is 0. The van der Waals surface area contributed by atoms with Crippen molar-refractivity contribution >= 4 is 17.5 Å². The standard InChI is InChI=1S/C21H21NO4/c23-17-8-16(18(24)15-4-2-1-3-14(15)17)20(25)22-19-13-6-11-5-12(7-13)10-21(19,26)9-11/h1-4,8,11-13,19,26H,5-7,9-10H2,(H,22,25). The Bertz CT molecular complexity index is 857. The summed E-state index contributed by atoms with van der Waals surface area (Å²) in [6.45, 7) is 0. The van der Waals surface area contributed by atoms with Crippen molar-refractivity contribution in [2.45, 2.75) is 43.7 Å². The Kier molecular flexibility index (Phi) is 3.29. The first-order valence-corrected chi connectivity index (χ1v) is 9.37. The number of Topliss-reactive ketones (excluding diaryl/α,β-unsaturated/α-hetero) is 1. The van der Waals surface area contributed by atoms with Gasteiger partial charge in [0.2, 0.25) is 0 Å². The quantitative estimate of drug-likeness (QED) is 0.799. The Morgan fingerprint density at radius 2 is 1.69 bits per heavy atom. The predicted molar refractivity (Wildman–Crippen MR) is 93.6 cm³/mol. The highest BCUT2D eigenvalue weighted by Crippen LogP contribution is 2.55. The summed E-state index contributed by atoms with van der Waals surface area (Å²) in [5, 5.41) is 14.0. The van der Waals surface area contributed by atoms with E-state index < -0.39 is 17.3 Å². The van der Waals surface area contributed by atoms with Gasteiger partial charge in [-0.25, -0.2) is 0 Å². The Hall–Kier alpha value is -2.27. The number of allylic oxidation sites excluding steroid dienone is 1. The first-order chi connectivity index (χ1) is 12.4. The summed E-state index contributed by atoms with van der Waals surface area (Å²) in [5.74, 6) is 0.0770. The van der Waals surface area contributed by atoms with Crippen LogP contribution in [0.1, 0.15) is 52.8 Å². The van der Waals surface area contributed by atoms with E-state index in [2.05, 4.69) is 5.32 Å². The molecule has 0 saturated heterocycles. The van der Waals surface area contributed by atoms with Crippen LogP contribution < -0.4 is 5.32 Å². The lowest BCUT2D eigenvalue weighted by atomic mass is 9.52. The predicted octanol–water partition coefficient (Wildman–Crippen LogP) is 2.05. The first kappa shape index (κ1) is 15.9. The Morgan fingerprint density at radius 1 is 1.04 bits per heavy atom. The van der Waals surface area contributed by atoms with Crippen LogP contribution >= 0.6 is 0 Å². The molecule has 5 aliphatic rings. The van der Waals surface area contributed by atoms with E-state index in [-0.39, 0.29) is 28.9 Å². The zero-order valence-electron chi connectivity index (χ0n) is 14.4. The number of rotatable bonds is 2. The highest BCUT2D eigenvalue weighted by molar-refractivity contribution is 6.34. The number of aliphatic hydroxyl groups is 1. The molecule has 5 nitrogen and oxygen atoms in total. The van der Waals surface area contributed by atoms with Crippen molar-refractivity contribution in [1.29, 1.82) is 0 Å². The van der Waals surface area contributed by atoms with Crippen LogP contribution in [0.2, 0.25) is 0 Å². The van der Waals surface area contributed by atoms with Gasteiger partial charge >= 0.3 is 0 Å². The molecule has 5 aliphatic carbocycles. The molecular weight excluding hydrogens is 330 g/mol. The molecule has 134 valence electrons. The van der Waals surface area contributed by atoms with Crippen molar-refractivity contribution < 1.29 is 19.5 Å². The van der Waals surface area contributed by atoms with Crippen LogP contribution in [-0.2, 0) is 4.79 Å². The topological polar surface area (TPSA) is 83.5 Å². The van der Waals surface area contributed by atoms with Crippen LogP contribution in [0.5, 0.6) is 0 Å². The summed E-state index contributed by atoms with van der Waals surface area (Å²) >= 11 is 0. The van der Waals surface area contributed by atoms with E-state index in [9.17, 15) is 19.5 Å². The molecule has 0 aromatic heterocycles. The molecule has 3 unspecified atom stereocenters. The van der Waals surface area contributed by atoms with Gasteiger partial charge in [-0.2, -0.15) is 0 Å². The average molecular weight is 351 g/mol. The second-order valence-electron chi connectivity index (χ2n) is 8.46. The van der Waals surface area contributed by atoms with Crippen molar-refractivity contribution in [1.82, 2.24) is 5.32 Å². The minimum atomic E-state index is -0.870. The maximum atomic E-state index is 12.8. The summed E-state index contributed by atoms with van der Waals surface area (Å²) in [5.41, 5.74) is -0.382. The summed E-state index contributed by atoms with van der Waals surface area (Å²) < 4.78 is 0. The smallest absolute Gasteiger partial charge is 0.255 e. The monoisotopic (exact) mass is 351 g/mol. The number of carbonyl (C=O) groups is 3. The first-order valence-electron chi connectivity index (χ1n) is 9.37. The van der Waals surface area contributed by atoms with E-state index in [1.165, 1.54) is 6.42 Å². The lowest BCUT2D eigenvalue weighted by Crippen LogP contribution is -2.66. The second kappa shape index (κ2) is 5.36. The van der Waals surface area contributed by atoms with E-state index in [4.69, 9.17) is 0 Å². The second-order valence-corrected chi connectivity index (χ2v) is 8.46. The lowest BCUT2D eigenvalue weighted by Gasteiger charge is -2.58. The van der Waals surface area contributed by atoms with Gasteiger partial charge in [0, 0.05) is 17.2 Å². The fraction of sp³-hybridized carbons (Fsp3) is 0.476. The third-order valence-electron chi connectivity index (χ3n) is 6.76. The van der Waals surface area contributed by atoms with E-state index in [1.807, 2.05) is 0 Å². The molecule has 1 aromatic rings. The molecule has 3 atom stereocenters. The Balaban J connectivity index is 1.41. The Morgan fingerprint density at radius 3 is 2.35 bits per heavy atom. The van der Waals surface area contributed by atoms with Crippen molar-refractivity contribution in [2.75, 3.05) is 0 Å². The number of hydrogen-bond acceptors (Lipinski definition) is 4. The van der Waals surface area contributed by atoms with Crippen LogP contribution in [0.15, 0.2) is 35.9 Å². The van der Waals surface area contributed by atoms with Crippen LogP contribution in [-0.4, -0.2) is 34.2 Å². The molecule has 4 saturated carbocycles. The number of fused-ring (bicyclic) bond motifs is 1. The normalized spacial score (nSPS) is 37.3. The van der Waals surface area contributed by atoms with Gasteiger partial charge in [0.15, 0.2) is 11.6 Å². The van der Waals surface area contributed by atoms with Gasteiger partial charge in [-0.1, -0.05) is 24.3 Å². The minimum absolute atomic E-state index is 0.119. The van der Waals surface area contributed by atoms with Crippen molar-refractivity contribution in [3.8, 4) is 0 Å². The van der Waals surface area contributed by atoms with Gasteiger partial charge in [0.25, 0.3) is 5.91 Å². The summed E-state index contributed by atoms with van der Waals surface area (Å²) in [4.78, 5) is 37.8. The third-order valence-corrected chi connectivity index (χ3v) is 6.76. The molecule has 0 heterocycles. The fourth-order valence-electron chi connectivity index (χ4n) is 5.95. The van der Waals surface area contributed by atoms with Crippen LogP contribution in [0, 0.1) is 17.8 Å². The summed E-state index contributed by atoms with van der Waals surface area (Å²) in [6.07, 6.45) is 5.82. The van der Waals surface area contributed by atoms with Gasteiger partial charge in [0.05, 0.1) is 17.2 Å². The number of carbonyl (C=O) groups excluding carboxylic acids is 3. The molecule has 26 heavy (non-hydrogen) atoms. The largest absolute Gasteiger partial charge is 0.388 e. The number of nitrogens with one attached hydrogen (secondary N) is 1. The molecular formula is C21H21NO4. The van der Waals surface area contributed by atoms with Crippen LogP contribution in [0.4, 0.5) is 0 Å². The van der Waals surface area contributed by atoms with Gasteiger partial charge in [0.1, 0.15) is 0 Å². The van der Waals surface area contributed by atoms with Gasteiger partial charge < -0.3 is 10.4 Å². The number of benzene rings is 1. The van der Waals surface area contributed by atoms with Crippen LogP contribution in [0.25, 0.3) is 0 Å². The summed E-state index contributed by atoms with van der Waals surface area (Å²) in [6, 6.07) is 6.23. The molecule has 4 fully saturated rings. The number of ketones is 2. The van der Waals surface area contributed by atoms with E-state index in [0.29, 0.717) is 17.4 Å². The minimum Gasteiger partial charge on any atom is -0.388 e. The highest BCUT2D eigenvalue weighted by Gasteiger charge is 2.57. The molecule has 0 radical (unpaired) electrons. The van der Waals surface area contributed by atoms with Gasteiger partial charge in [-0.05, 0) is 49.9 Å². The van der Waals surface area contributed by atoms with E-state index >= 15 is 0 Å². The number of hydrogen-bond donors (Lipinski definition) is 2. The molecule has 0 spiro atoms. The van der Waals surface area contributed by atoms with Crippen molar-refractivity contribution in [3.63, 3.8) is 0 Å².